The molecule has 128 valence electrons. The topological polar surface area (TPSA) is 59.6 Å². The van der Waals surface area contributed by atoms with Gasteiger partial charge in [-0.1, -0.05) is 24.3 Å². The summed E-state index contributed by atoms with van der Waals surface area (Å²) >= 11 is 0. The summed E-state index contributed by atoms with van der Waals surface area (Å²) in [5.74, 6) is 0.796. The lowest BCUT2D eigenvalue weighted by Gasteiger charge is -2.23. The number of nitrogens with one attached hydrogen (secondary N) is 2. The first-order valence-corrected chi connectivity index (χ1v) is 8.83. The number of para-hydroxylation sites is 1. The minimum absolute atomic E-state index is 0.138. The lowest BCUT2D eigenvalue weighted by molar-refractivity contribution is -0.919. The molecule has 25 heavy (non-hydrogen) atoms. The van der Waals surface area contributed by atoms with Crippen molar-refractivity contribution >= 4 is 16.8 Å². The third-order valence-electron chi connectivity index (χ3n) is 4.92. The van der Waals surface area contributed by atoms with E-state index in [9.17, 15) is 4.79 Å². The Morgan fingerprint density at radius 2 is 1.96 bits per heavy atom. The van der Waals surface area contributed by atoms with E-state index in [1.807, 2.05) is 42.5 Å². The predicted octanol–water partition coefficient (Wildman–Crippen LogP) is 1.98. The highest BCUT2D eigenvalue weighted by Crippen LogP contribution is 2.13. The molecule has 1 saturated heterocycles. The van der Waals surface area contributed by atoms with E-state index in [1.165, 1.54) is 17.7 Å². The van der Waals surface area contributed by atoms with E-state index in [-0.39, 0.29) is 11.9 Å². The Hall–Kier alpha value is -2.66. The number of rotatable bonds is 5. The molecule has 4 rings (SSSR count). The number of nitrogens with zero attached hydrogens (tertiary/aromatic N) is 1. The van der Waals surface area contributed by atoms with Crippen LogP contribution in [0, 0.1) is 0 Å². The van der Waals surface area contributed by atoms with E-state index in [4.69, 9.17) is 4.42 Å². The highest BCUT2D eigenvalue weighted by molar-refractivity contribution is 5.94. The zero-order valence-electron chi connectivity index (χ0n) is 14.1. The maximum atomic E-state index is 12.6. The number of aromatic nitrogens is 1. The maximum Gasteiger partial charge on any atom is 0.270 e. The smallest absolute Gasteiger partial charge is 0.270 e. The quantitative estimate of drug-likeness (QED) is 0.749. The van der Waals surface area contributed by atoms with E-state index in [0.717, 1.165) is 29.8 Å². The van der Waals surface area contributed by atoms with Gasteiger partial charge in [-0.15, -0.1) is 0 Å². The minimum Gasteiger partial charge on any atom is -0.463 e. The maximum absolute atomic E-state index is 12.6. The summed E-state index contributed by atoms with van der Waals surface area (Å²) in [6.45, 7) is 2.79. The third kappa shape index (κ3) is 3.42. The van der Waals surface area contributed by atoms with Crippen LogP contribution < -0.4 is 10.2 Å². The van der Waals surface area contributed by atoms with Gasteiger partial charge in [0, 0.05) is 18.2 Å². The van der Waals surface area contributed by atoms with Gasteiger partial charge in [-0.3, -0.25) is 4.79 Å². The molecule has 5 nitrogen and oxygen atoms in total. The van der Waals surface area contributed by atoms with Crippen molar-refractivity contribution in [2.24, 2.45) is 0 Å². The summed E-state index contributed by atoms with van der Waals surface area (Å²) in [4.78, 5) is 18.5. The molecule has 0 saturated carbocycles. The van der Waals surface area contributed by atoms with Gasteiger partial charge in [0.15, 0.2) is 11.8 Å². The summed E-state index contributed by atoms with van der Waals surface area (Å²) in [6.07, 6.45) is 4.16. The number of furan rings is 1. The average molecular weight is 336 g/mol. The van der Waals surface area contributed by atoms with Crippen LogP contribution in [-0.2, 0) is 0 Å². The van der Waals surface area contributed by atoms with E-state index in [0.29, 0.717) is 12.2 Å². The molecule has 0 radical (unpaired) electrons. The van der Waals surface area contributed by atoms with Crippen molar-refractivity contribution in [1.82, 2.24) is 10.3 Å². The summed E-state index contributed by atoms with van der Waals surface area (Å²) < 4.78 is 5.62. The zero-order valence-corrected chi connectivity index (χ0v) is 14.1. The van der Waals surface area contributed by atoms with Crippen LogP contribution in [0.25, 0.3) is 10.9 Å². The zero-order chi connectivity index (χ0) is 17.1. The van der Waals surface area contributed by atoms with Gasteiger partial charge >= 0.3 is 0 Å². The number of quaternary nitrogens is 1. The van der Waals surface area contributed by atoms with Crippen molar-refractivity contribution in [3.05, 3.63) is 66.2 Å². The molecule has 3 heterocycles. The number of fused-ring (bicyclic) bond motifs is 1. The number of carbonyl (C=O) groups is 1. The van der Waals surface area contributed by atoms with Crippen LogP contribution in [0.1, 0.15) is 35.1 Å². The fourth-order valence-corrected chi connectivity index (χ4v) is 3.59. The molecular weight excluding hydrogens is 314 g/mol. The van der Waals surface area contributed by atoms with Crippen LogP contribution in [0.2, 0.25) is 0 Å². The standard InChI is InChI=1S/C20H21N3O2/c24-20(17-10-9-15-6-1-2-7-16(15)22-17)21-14-18(19-8-5-13-25-19)23-11-3-4-12-23/h1-2,5-10,13,18H,3-4,11-12,14H2,(H,21,24)/p+1/t18-/m0/s1. The van der Waals surface area contributed by atoms with Crippen molar-refractivity contribution in [1.29, 1.82) is 0 Å². The van der Waals surface area contributed by atoms with Crippen molar-refractivity contribution in [3.63, 3.8) is 0 Å². The normalized spacial score (nSPS) is 16.2. The average Bonchev–Trinajstić information content (AvgIpc) is 3.36. The molecule has 0 unspecified atom stereocenters. The van der Waals surface area contributed by atoms with Crippen molar-refractivity contribution in [2.75, 3.05) is 19.6 Å². The third-order valence-corrected chi connectivity index (χ3v) is 4.92. The van der Waals surface area contributed by atoms with E-state index in [2.05, 4.69) is 10.3 Å². The highest BCUT2D eigenvalue weighted by Gasteiger charge is 2.29. The molecule has 1 aliphatic rings. The molecule has 0 aliphatic carbocycles. The number of hydrogen-bond donors (Lipinski definition) is 2. The van der Waals surface area contributed by atoms with Gasteiger partial charge < -0.3 is 14.6 Å². The Bertz CT molecular complexity index is 854. The summed E-state index contributed by atoms with van der Waals surface area (Å²) in [6, 6.07) is 15.6. The number of benzene rings is 1. The van der Waals surface area contributed by atoms with E-state index < -0.39 is 0 Å². The van der Waals surface area contributed by atoms with Crippen molar-refractivity contribution in [2.45, 2.75) is 18.9 Å². The first-order chi connectivity index (χ1) is 12.3. The van der Waals surface area contributed by atoms with Gasteiger partial charge in [0.25, 0.3) is 5.91 Å². The molecule has 0 bridgehead atoms. The molecule has 1 aromatic carbocycles. The Balaban J connectivity index is 1.48. The molecule has 1 atom stereocenters. The molecule has 1 aliphatic heterocycles. The predicted molar refractivity (Wildman–Crippen MR) is 95.5 cm³/mol. The Labute approximate surface area is 146 Å². The summed E-state index contributed by atoms with van der Waals surface area (Å²) in [5, 5.41) is 4.08. The number of pyridine rings is 1. The largest absolute Gasteiger partial charge is 0.463 e. The second-order valence-electron chi connectivity index (χ2n) is 6.53. The summed E-state index contributed by atoms with van der Waals surface area (Å²) in [7, 11) is 0. The van der Waals surface area contributed by atoms with Crippen LogP contribution in [0.5, 0.6) is 0 Å². The Kier molecular flexibility index (Phi) is 4.48. The molecule has 1 amide bonds. The molecule has 5 heteroatoms. The Morgan fingerprint density at radius 3 is 2.76 bits per heavy atom. The SMILES string of the molecule is O=C(NC[C@@H](c1ccco1)[NH+]1CCCC1)c1ccc2ccccc2n1. The van der Waals surface area contributed by atoms with E-state index >= 15 is 0 Å². The van der Waals surface area contributed by atoms with Gasteiger partial charge in [0.1, 0.15) is 5.69 Å². The Morgan fingerprint density at radius 1 is 1.12 bits per heavy atom. The molecule has 2 aromatic heterocycles. The first-order valence-electron chi connectivity index (χ1n) is 8.83. The van der Waals surface area contributed by atoms with Gasteiger partial charge in [-0.2, -0.15) is 0 Å². The number of amides is 1. The molecule has 2 N–H and O–H groups in total. The fraction of sp³-hybridized carbons (Fsp3) is 0.300. The van der Waals surface area contributed by atoms with Gasteiger partial charge in [-0.05, 0) is 24.3 Å². The number of likely N-dealkylation sites (tertiary alicyclic amines) is 1. The monoisotopic (exact) mass is 336 g/mol. The summed E-state index contributed by atoms with van der Waals surface area (Å²) in [5.41, 5.74) is 1.29. The first kappa shape index (κ1) is 15.8. The van der Waals surface area contributed by atoms with Crippen LogP contribution in [0.4, 0.5) is 0 Å². The van der Waals surface area contributed by atoms with Gasteiger partial charge in [-0.25, -0.2) is 4.98 Å². The molecule has 0 spiro atoms. The highest BCUT2D eigenvalue weighted by atomic mass is 16.3. The second-order valence-corrected chi connectivity index (χ2v) is 6.53. The van der Waals surface area contributed by atoms with Crippen LogP contribution in [-0.4, -0.2) is 30.5 Å². The lowest BCUT2D eigenvalue weighted by Crippen LogP contribution is -3.11. The number of carbonyl (C=O) groups excluding carboxylic acids is 1. The second kappa shape index (κ2) is 7.07. The lowest BCUT2D eigenvalue weighted by atomic mass is 10.1. The number of hydrogen-bond acceptors (Lipinski definition) is 3. The van der Waals surface area contributed by atoms with E-state index in [1.54, 1.807) is 12.3 Å². The van der Waals surface area contributed by atoms with Gasteiger partial charge in [0.05, 0.1) is 31.4 Å². The van der Waals surface area contributed by atoms with Crippen LogP contribution in [0.15, 0.2) is 59.2 Å². The van der Waals surface area contributed by atoms with Gasteiger partial charge in [0.2, 0.25) is 0 Å². The molecular formula is C20H22N3O2+. The fourth-order valence-electron chi connectivity index (χ4n) is 3.59. The van der Waals surface area contributed by atoms with Crippen molar-refractivity contribution < 1.29 is 14.1 Å². The van der Waals surface area contributed by atoms with Crippen LogP contribution in [0.3, 0.4) is 0 Å². The van der Waals surface area contributed by atoms with Crippen molar-refractivity contribution in [3.8, 4) is 0 Å². The molecule has 3 aromatic rings. The van der Waals surface area contributed by atoms with Crippen LogP contribution >= 0.6 is 0 Å². The molecule has 1 fully saturated rings. The minimum atomic E-state index is -0.138.